The van der Waals surface area contributed by atoms with Crippen molar-refractivity contribution in [3.8, 4) is 0 Å². The van der Waals surface area contributed by atoms with E-state index in [-0.39, 0.29) is 5.97 Å². The molecule has 8 unspecified atom stereocenters. The molecular formula is C30H54N2O2. The summed E-state index contributed by atoms with van der Waals surface area (Å²) in [6, 6.07) is 1.30. The third-order valence-corrected chi connectivity index (χ3v) is 11.6. The molecule has 0 heterocycles. The summed E-state index contributed by atoms with van der Waals surface area (Å²) in [6.07, 6.45) is 14.4. The van der Waals surface area contributed by atoms with Gasteiger partial charge in [-0.25, -0.2) is 0 Å². The molecule has 4 aliphatic carbocycles. The van der Waals surface area contributed by atoms with Crippen molar-refractivity contribution in [2.45, 2.75) is 117 Å². The second-order valence-corrected chi connectivity index (χ2v) is 13.5. The third-order valence-electron chi connectivity index (χ3n) is 11.6. The van der Waals surface area contributed by atoms with Crippen LogP contribution in [0.4, 0.5) is 0 Å². The van der Waals surface area contributed by atoms with Crippen molar-refractivity contribution in [2.75, 3.05) is 20.2 Å². The summed E-state index contributed by atoms with van der Waals surface area (Å²) in [5.41, 5.74) is 1.05. The van der Waals surface area contributed by atoms with Crippen LogP contribution in [0.15, 0.2) is 0 Å². The van der Waals surface area contributed by atoms with Gasteiger partial charge in [-0.05, 0) is 111 Å². The zero-order valence-electron chi connectivity index (χ0n) is 23.1. The molecule has 0 radical (unpaired) electrons. The van der Waals surface area contributed by atoms with Gasteiger partial charge < -0.3 is 15.4 Å². The van der Waals surface area contributed by atoms with Crippen LogP contribution < -0.4 is 10.6 Å². The Morgan fingerprint density at radius 2 is 1.68 bits per heavy atom. The van der Waals surface area contributed by atoms with Gasteiger partial charge in [0.15, 0.2) is 0 Å². The van der Waals surface area contributed by atoms with Gasteiger partial charge in [-0.2, -0.15) is 0 Å². The highest BCUT2D eigenvalue weighted by Crippen LogP contribution is 2.68. The van der Waals surface area contributed by atoms with E-state index in [4.69, 9.17) is 4.74 Å². The summed E-state index contributed by atoms with van der Waals surface area (Å²) >= 11 is 0. The van der Waals surface area contributed by atoms with Gasteiger partial charge in [0.1, 0.15) is 0 Å². The first-order chi connectivity index (χ1) is 16.2. The molecule has 0 bridgehead atoms. The zero-order chi connectivity index (χ0) is 24.5. The summed E-state index contributed by atoms with van der Waals surface area (Å²) in [4.78, 5) is 11.7. The van der Waals surface area contributed by atoms with E-state index in [1.807, 2.05) is 0 Å². The van der Waals surface area contributed by atoms with Gasteiger partial charge in [0.2, 0.25) is 0 Å². The molecule has 2 N–H and O–H groups in total. The van der Waals surface area contributed by atoms with Crippen LogP contribution in [-0.4, -0.2) is 38.3 Å². The fourth-order valence-electron chi connectivity index (χ4n) is 9.70. The van der Waals surface area contributed by atoms with Crippen LogP contribution >= 0.6 is 0 Å². The van der Waals surface area contributed by atoms with Crippen molar-refractivity contribution in [3.63, 3.8) is 0 Å². The molecule has 4 fully saturated rings. The average Bonchev–Trinajstić information content (AvgIpc) is 3.17. The van der Waals surface area contributed by atoms with Gasteiger partial charge in [-0.15, -0.1) is 0 Å². The third kappa shape index (κ3) is 5.10. The van der Waals surface area contributed by atoms with E-state index < -0.39 is 0 Å². The molecule has 4 rings (SSSR count). The number of hydrogen-bond donors (Lipinski definition) is 2. The lowest BCUT2D eigenvalue weighted by Crippen LogP contribution is -2.55. The Morgan fingerprint density at radius 3 is 2.41 bits per heavy atom. The van der Waals surface area contributed by atoms with Gasteiger partial charge in [0.25, 0.3) is 0 Å². The summed E-state index contributed by atoms with van der Waals surface area (Å²) < 4.78 is 4.92. The first-order valence-electron chi connectivity index (χ1n) is 14.7. The second kappa shape index (κ2) is 10.8. The standard InChI is InChI=1S/C30H54N2O2/c1-20(2)31-17-18-32-23-13-15-29(4)22(19-23)8-9-24-26-11-10-25(21(3)7-12-28(33)34-6)30(26,5)16-14-27(24)29/h20-27,31-32H,7-19H2,1-6H3/t21-,22?,23?,24?,25?,26?,27?,29?,30?/m1/s1. The quantitative estimate of drug-likeness (QED) is 0.309. The van der Waals surface area contributed by atoms with Crippen LogP contribution in [0.2, 0.25) is 0 Å². The highest BCUT2D eigenvalue weighted by atomic mass is 16.5. The number of hydrogen-bond acceptors (Lipinski definition) is 4. The Bertz CT molecular complexity index is 695. The maximum Gasteiger partial charge on any atom is 0.305 e. The minimum atomic E-state index is -0.0391. The SMILES string of the molecule is COC(=O)CC[C@@H](C)C1CCC2C3CCC4CC(NCCNC(C)C)CCC4(C)C3CCC21C. The molecule has 4 nitrogen and oxygen atoms in total. The van der Waals surface area contributed by atoms with E-state index in [0.29, 0.717) is 29.2 Å². The molecule has 0 spiro atoms. The van der Waals surface area contributed by atoms with Crippen LogP contribution in [0.1, 0.15) is 105 Å². The highest BCUT2D eigenvalue weighted by molar-refractivity contribution is 5.69. The number of ether oxygens (including phenoxy) is 1. The normalized spacial score (nSPS) is 42.6. The van der Waals surface area contributed by atoms with E-state index in [1.54, 1.807) is 0 Å². The van der Waals surface area contributed by atoms with Crippen LogP contribution in [0.5, 0.6) is 0 Å². The van der Waals surface area contributed by atoms with E-state index in [0.717, 1.165) is 55.1 Å². The van der Waals surface area contributed by atoms with Crippen molar-refractivity contribution in [1.82, 2.24) is 10.6 Å². The monoisotopic (exact) mass is 474 g/mol. The number of esters is 1. The molecule has 0 aromatic heterocycles. The van der Waals surface area contributed by atoms with E-state index >= 15 is 0 Å². The summed E-state index contributed by atoms with van der Waals surface area (Å²) in [5.74, 6) is 5.08. The molecule has 9 atom stereocenters. The van der Waals surface area contributed by atoms with Crippen molar-refractivity contribution < 1.29 is 9.53 Å². The minimum Gasteiger partial charge on any atom is -0.469 e. The predicted molar refractivity (Wildman–Crippen MR) is 141 cm³/mol. The molecule has 0 amide bonds. The first kappa shape index (κ1) is 26.5. The summed E-state index contributed by atoms with van der Waals surface area (Å²) in [6.45, 7) is 14.4. The predicted octanol–water partition coefficient (Wildman–Crippen LogP) is 6.19. The van der Waals surface area contributed by atoms with Gasteiger partial charge in [0.05, 0.1) is 7.11 Å². The molecule has 4 saturated carbocycles. The van der Waals surface area contributed by atoms with Gasteiger partial charge in [0, 0.05) is 31.6 Å². The lowest BCUT2D eigenvalue weighted by molar-refractivity contribution is -0.141. The van der Waals surface area contributed by atoms with Crippen molar-refractivity contribution >= 4 is 5.97 Å². The van der Waals surface area contributed by atoms with Gasteiger partial charge in [-0.3, -0.25) is 4.79 Å². The molecule has 0 saturated heterocycles. The fraction of sp³-hybridized carbons (Fsp3) is 0.967. The topological polar surface area (TPSA) is 50.4 Å². The number of rotatable bonds is 9. The van der Waals surface area contributed by atoms with Crippen LogP contribution in [0.3, 0.4) is 0 Å². The van der Waals surface area contributed by atoms with Crippen LogP contribution in [0, 0.1) is 46.3 Å². The van der Waals surface area contributed by atoms with Crippen molar-refractivity contribution in [3.05, 3.63) is 0 Å². The Labute approximate surface area is 210 Å². The lowest BCUT2D eigenvalue weighted by Gasteiger charge is -2.61. The highest BCUT2D eigenvalue weighted by Gasteiger charge is 2.60. The van der Waals surface area contributed by atoms with Crippen LogP contribution in [-0.2, 0) is 9.53 Å². The molecule has 34 heavy (non-hydrogen) atoms. The molecule has 0 aromatic carbocycles. The Kier molecular flexibility index (Phi) is 8.39. The smallest absolute Gasteiger partial charge is 0.305 e. The largest absolute Gasteiger partial charge is 0.469 e. The zero-order valence-corrected chi connectivity index (χ0v) is 23.1. The van der Waals surface area contributed by atoms with Gasteiger partial charge in [-0.1, -0.05) is 34.6 Å². The fourth-order valence-corrected chi connectivity index (χ4v) is 9.70. The van der Waals surface area contributed by atoms with Crippen LogP contribution in [0.25, 0.3) is 0 Å². The number of methoxy groups -OCH3 is 1. The Hall–Kier alpha value is -0.610. The minimum absolute atomic E-state index is 0.0391. The van der Waals surface area contributed by atoms with Gasteiger partial charge >= 0.3 is 5.97 Å². The molecule has 196 valence electrons. The first-order valence-corrected chi connectivity index (χ1v) is 14.7. The Morgan fingerprint density at radius 1 is 0.941 bits per heavy atom. The average molecular weight is 475 g/mol. The second-order valence-electron chi connectivity index (χ2n) is 13.5. The molecule has 4 aliphatic rings. The Balaban J connectivity index is 1.36. The summed E-state index contributed by atoms with van der Waals surface area (Å²) in [5, 5.41) is 7.44. The number of carbonyl (C=O) groups is 1. The molecule has 0 aliphatic heterocycles. The van der Waals surface area contributed by atoms with E-state index in [9.17, 15) is 4.79 Å². The number of fused-ring (bicyclic) bond motifs is 5. The number of carbonyl (C=O) groups excluding carboxylic acids is 1. The molecule has 4 heteroatoms. The maximum atomic E-state index is 11.7. The summed E-state index contributed by atoms with van der Waals surface area (Å²) in [7, 11) is 1.52. The molecular weight excluding hydrogens is 420 g/mol. The van der Waals surface area contributed by atoms with Crippen molar-refractivity contribution in [2.24, 2.45) is 46.3 Å². The van der Waals surface area contributed by atoms with E-state index in [1.165, 1.54) is 64.9 Å². The van der Waals surface area contributed by atoms with Crippen molar-refractivity contribution in [1.29, 1.82) is 0 Å². The molecule has 0 aromatic rings. The number of nitrogens with one attached hydrogen (secondary N) is 2. The lowest BCUT2D eigenvalue weighted by atomic mass is 9.44. The maximum absolute atomic E-state index is 11.7. The van der Waals surface area contributed by atoms with E-state index in [2.05, 4.69) is 45.3 Å².